The highest BCUT2D eigenvalue weighted by atomic mass is 35.5. The van der Waals surface area contributed by atoms with Crippen molar-refractivity contribution in [1.82, 2.24) is 0 Å². The van der Waals surface area contributed by atoms with Gasteiger partial charge < -0.3 is 14.2 Å². The van der Waals surface area contributed by atoms with Crippen molar-refractivity contribution in [2.75, 3.05) is 14.2 Å². The Balaban J connectivity index is 2.86. The molecule has 0 radical (unpaired) electrons. The first kappa shape index (κ1) is 13.2. The van der Waals surface area contributed by atoms with Crippen LogP contribution in [0.2, 0.25) is 0 Å². The van der Waals surface area contributed by atoms with Crippen molar-refractivity contribution in [2.24, 2.45) is 0 Å². The van der Waals surface area contributed by atoms with Crippen molar-refractivity contribution in [2.45, 2.75) is 11.9 Å². The van der Waals surface area contributed by atoms with Gasteiger partial charge in [-0.1, -0.05) is 12.1 Å². The Morgan fingerprint density at radius 3 is 2.38 bits per heavy atom. The highest BCUT2D eigenvalue weighted by molar-refractivity contribution is 6.20. The fraction of sp³-hybridized carbons (Fsp3) is 0.400. The lowest BCUT2D eigenvalue weighted by Crippen LogP contribution is -2.16. The number of rotatable bonds is 5. The SMILES string of the molecule is COC(OC)c1cccc(OC(F)(F)Cl)c1. The molecule has 0 N–H and O–H groups in total. The molecule has 3 nitrogen and oxygen atoms in total. The Hall–Kier alpha value is -0.910. The van der Waals surface area contributed by atoms with Gasteiger partial charge in [-0.25, -0.2) is 0 Å². The molecule has 0 saturated carbocycles. The van der Waals surface area contributed by atoms with Crippen LogP contribution in [0, 0.1) is 0 Å². The van der Waals surface area contributed by atoms with Gasteiger partial charge in [0.25, 0.3) is 0 Å². The standard InChI is InChI=1S/C10H11ClF2O3/c1-14-9(15-2)7-4-3-5-8(6-7)16-10(11,12)13/h3-6,9H,1-2H3. The molecule has 0 aliphatic rings. The molecule has 16 heavy (non-hydrogen) atoms. The van der Waals surface area contributed by atoms with Crippen LogP contribution in [-0.4, -0.2) is 19.8 Å². The molecule has 6 heteroatoms. The van der Waals surface area contributed by atoms with Gasteiger partial charge in [0.15, 0.2) is 6.29 Å². The van der Waals surface area contributed by atoms with Crippen LogP contribution >= 0.6 is 11.6 Å². The van der Waals surface area contributed by atoms with E-state index in [9.17, 15) is 8.78 Å². The van der Waals surface area contributed by atoms with Gasteiger partial charge in [-0.15, -0.1) is 8.78 Å². The number of benzene rings is 1. The third kappa shape index (κ3) is 3.92. The van der Waals surface area contributed by atoms with Crippen LogP contribution in [-0.2, 0) is 9.47 Å². The molecular weight excluding hydrogens is 242 g/mol. The topological polar surface area (TPSA) is 27.7 Å². The van der Waals surface area contributed by atoms with E-state index >= 15 is 0 Å². The van der Waals surface area contributed by atoms with Crippen LogP contribution in [0.4, 0.5) is 8.78 Å². The zero-order valence-electron chi connectivity index (χ0n) is 8.75. The van der Waals surface area contributed by atoms with Gasteiger partial charge in [0.05, 0.1) is 0 Å². The number of alkyl halides is 3. The van der Waals surface area contributed by atoms with Gasteiger partial charge in [0.2, 0.25) is 0 Å². The molecule has 0 aromatic heterocycles. The summed E-state index contributed by atoms with van der Waals surface area (Å²) in [6.45, 7) is 0. The summed E-state index contributed by atoms with van der Waals surface area (Å²) in [5.74, 6) is -0.0587. The molecular formula is C10H11ClF2O3. The lowest BCUT2D eigenvalue weighted by atomic mass is 10.2. The summed E-state index contributed by atoms with van der Waals surface area (Å²) >= 11 is 4.65. The highest BCUT2D eigenvalue weighted by Gasteiger charge is 2.27. The van der Waals surface area contributed by atoms with Gasteiger partial charge in [-0.05, 0) is 12.1 Å². The Morgan fingerprint density at radius 2 is 1.88 bits per heavy atom. The van der Waals surface area contributed by atoms with Gasteiger partial charge in [-0.3, -0.25) is 0 Å². The molecule has 0 atom stereocenters. The second-order valence-electron chi connectivity index (χ2n) is 2.92. The third-order valence-corrected chi connectivity index (χ3v) is 1.87. The predicted octanol–water partition coefficient (Wildman–Crippen LogP) is 3.15. The maximum Gasteiger partial charge on any atom is 0.487 e. The molecule has 0 aliphatic carbocycles. The maximum atomic E-state index is 12.4. The Morgan fingerprint density at radius 1 is 1.25 bits per heavy atom. The first-order chi connectivity index (χ1) is 7.46. The summed E-state index contributed by atoms with van der Waals surface area (Å²) < 4.78 is 38.9. The fourth-order valence-corrected chi connectivity index (χ4v) is 1.32. The molecule has 0 unspecified atom stereocenters. The minimum atomic E-state index is -3.73. The average molecular weight is 253 g/mol. The van der Waals surface area contributed by atoms with Crippen LogP contribution in [0.5, 0.6) is 5.75 Å². The Labute approximate surface area is 96.9 Å². The molecule has 0 fully saturated rings. The summed E-state index contributed by atoms with van der Waals surface area (Å²) in [6.07, 6.45) is -0.632. The van der Waals surface area contributed by atoms with Crippen molar-refractivity contribution >= 4 is 11.6 Å². The minimum Gasteiger partial charge on any atom is -0.420 e. The van der Waals surface area contributed by atoms with E-state index in [1.54, 1.807) is 12.1 Å². The number of halogens is 3. The van der Waals surface area contributed by atoms with Crippen LogP contribution < -0.4 is 4.74 Å². The van der Waals surface area contributed by atoms with Crippen LogP contribution in [0.3, 0.4) is 0 Å². The van der Waals surface area contributed by atoms with E-state index in [0.717, 1.165) is 0 Å². The lowest BCUT2D eigenvalue weighted by molar-refractivity contribution is -0.108. The minimum absolute atomic E-state index is 0.0587. The van der Waals surface area contributed by atoms with E-state index in [2.05, 4.69) is 16.3 Å². The molecule has 1 aromatic rings. The molecule has 1 aromatic carbocycles. The van der Waals surface area contributed by atoms with Gasteiger partial charge in [0.1, 0.15) is 5.75 Å². The number of hydrogen-bond acceptors (Lipinski definition) is 3. The van der Waals surface area contributed by atoms with Crippen LogP contribution in [0.15, 0.2) is 24.3 Å². The molecule has 0 spiro atoms. The van der Waals surface area contributed by atoms with E-state index in [4.69, 9.17) is 9.47 Å². The van der Waals surface area contributed by atoms with Gasteiger partial charge in [0, 0.05) is 31.4 Å². The first-order valence-corrected chi connectivity index (χ1v) is 4.75. The van der Waals surface area contributed by atoms with Crippen molar-refractivity contribution in [3.05, 3.63) is 29.8 Å². The Kier molecular flexibility index (Phi) is 4.46. The zero-order chi connectivity index (χ0) is 12.2. The molecule has 90 valence electrons. The van der Waals surface area contributed by atoms with Gasteiger partial charge in [-0.2, -0.15) is 0 Å². The summed E-state index contributed by atoms with van der Waals surface area (Å²) in [5.41, 5.74) is -3.17. The van der Waals surface area contributed by atoms with Crippen LogP contribution in [0.1, 0.15) is 11.9 Å². The van der Waals surface area contributed by atoms with Crippen LogP contribution in [0.25, 0.3) is 0 Å². The summed E-state index contributed by atoms with van der Waals surface area (Å²) in [7, 11) is 2.88. The summed E-state index contributed by atoms with van der Waals surface area (Å²) in [4.78, 5) is 0. The second kappa shape index (κ2) is 5.43. The van der Waals surface area contributed by atoms with E-state index in [1.807, 2.05) is 0 Å². The zero-order valence-corrected chi connectivity index (χ0v) is 9.50. The molecule has 1 rings (SSSR count). The third-order valence-electron chi connectivity index (χ3n) is 1.79. The maximum absolute atomic E-state index is 12.4. The van der Waals surface area contributed by atoms with Crippen molar-refractivity contribution in [3.63, 3.8) is 0 Å². The Bertz CT molecular complexity index is 337. The number of methoxy groups -OCH3 is 2. The smallest absolute Gasteiger partial charge is 0.420 e. The number of ether oxygens (including phenoxy) is 3. The monoisotopic (exact) mass is 252 g/mol. The second-order valence-corrected chi connectivity index (χ2v) is 3.36. The quantitative estimate of drug-likeness (QED) is 0.595. The predicted molar refractivity (Wildman–Crippen MR) is 54.6 cm³/mol. The van der Waals surface area contributed by atoms with E-state index < -0.39 is 11.9 Å². The number of hydrogen-bond donors (Lipinski definition) is 0. The summed E-state index contributed by atoms with van der Waals surface area (Å²) in [6, 6.07) is 5.94. The normalized spacial score (nSPS) is 11.9. The first-order valence-electron chi connectivity index (χ1n) is 4.37. The summed E-state index contributed by atoms with van der Waals surface area (Å²) in [5, 5.41) is 0. The van der Waals surface area contributed by atoms with Crippen molar-refractivity contribution in [1.29, 1.82) is 0 Å². The van der Waals surface area contributed by atoms with E-state index in [-0.39, 0.29) is 5.75 Å². The molecule has 0 amide bonds. The highest BCUT2D eigenvalue weighted by Crippen LogP contribution is 2.27. The van der Waals surface area contributed by atoms with Gasteiger partial charge >= 0.3 is 5.57 Å². The average Bonchev–Trinajstić information content (AvgIpc) is 2.17. The molecule has 0 heterocycles. The van der Waals surface area contributed by atoms with E-state index in [0.29, 0.717) is 5.56 Å². The van der Waals surface area contributed by atoms with Crippen molar-refractivity contribution in [3.8, 4) is 5.75 Å². The lowest BCUT2D eigenvalue weighted by Gasteiger charge is -2.15. The van der Waals surface area contributed by atoms with E-state index in [1.165, 1.54) is 26.4 Å². The molecule has 0 aliphatic heterocycles. The molecule has 0 bridgehead atoms. The molecule has 0 saturated heterocycles. The fourth-order valence-electron chi connectivity index (χ4n) is 1.23. The largest absolute Gasteiger partial charge is 0.487 e. The van der Waals surface area contributed by atoms with Crippen molar-refractivity contribution < 1.29 is 23.0 Å².